The number of methoxy groups -OCH3 is 2. The molecule has 2 heterocycles. The van der Waals surface area contributed by atoms with Crippen LogP contribution in [0.3, 0.4) is 0 Å². The smallest absolute Gasteiger partial charge is 0.356 e. The zero-order valence-electron chi connectivity index (χ0n) is 11.2. The Morgan fingerprint density at radius 3 is 3.00 bits per heavy atom. The standard InChI is InChI=1S/C13H19N3O3/c1-18-12-8-16(6-4-10(12)14)9-3-5-15-11(7-9)13(17)19-2/h3,5,7,10,12H,4,6,8,14H2,1-2H3. The number of nitrogens with zero attached hydrogens (tertiary/aromatic N) is 2. The average molecular weight is 265 g/mol. The Kier molecular flexibility index (Phi) is 4.34. The molecule has 2 N–H and O–H groups in total. The van der Waals surface area contributed by atoms with Gasteiger partial charge in [-0.1, -0.05) is 0 Å². The number of hydrogen-bond acceptors (Lipinski definition) is 6. The summed E-state index contributed by atoms with van der Waals surface area (Å²) < 4.78 is 10.1. The largest absolute Gasteiger partial charge is 0.464 e. The number of anilines is 1. The molecule has 6 heteroatoms. The van der Waals surface area contributed by atoms with E-state index < -0.39 is 5.97 Å². The first-order chi connectivity index (χ1) is 9.15. The molecular formula is C13H19N3O3. The number of carbonyl (C=O) groups is 1. The lowest BCUT2D eigenvalue weighted by atomic mass is 10.0. The molecule has 0 bridgehead atoms. The van der Waals surface area contributed by atoms with E-state index in [2.05, 4.69) is 14.6 Å². The van der Waals surface area contributed by atoms with Gasteiger partial charge >= 0.3 is 5.97 Å². The van der Waals surface area contributed by atoms with E-state index in [1.807, 2.05) is 6.07 Å². The second kappa shape index (κ2) is 5.99. The molecule has 1 aliphatic heterocycles. The molecule has 1 aromatic heterocycles. The van der Waals surface area contributed by atoms with Gasteiger partial charge < -0.3 is 20.1 Å². The Hall–Kier alpha value is -1.66. The lowest BCUT2D eigenvalue weighted by Crippen LogP contribution is -2.51. The SMILES string of the molecule is COC(=O)c1cc(N2CCC(N)C(OC)C2)ccn1. The molecule has 2 atom stereocenters. The summed E-state index contributed by atoms with van der Waals surface area (Å²) in [7, 11) is 3.01. The lowest BCUT2D eigenvalue weighted by molar-refractivity contribution is 0.0594. The Morgan fingerprint density at radius 2 is 2.32 bits per heavy atom. The number of esters is 1. The fraction of sp³-hybridized carbons (Fsp3) is 0.538. The second-order valence-corrected chi connectivity index (χ2v) is 4.56. The summed E-state index contributed by atoms with van der Waals surface area (Å²) in [5, 5.41) is 0. The summed E-state index contributed by atoms with van der Waals surface area (Å²) in [6.45, 7) is 1.55. The Labute approximate surface area is 112 Å². The fourth-order valence-corrected chi connectivity index (χ4v) is 2.25. The number of carbonyl (C=O) groups excluding carboxylic acids is 1. The first-order valence-electron chi connectivity index (χ1n) is 6.23. The minimum absolute atomic E-state index is 0.00323. The third kappa shape index (κ3) is 3.02. The highest BCUT2D eigenvalue weighted by atomic mass is 16.5. The maximum absolute atomic E-state index is 11.5. The van der Waals surface area contributed by atoms with E-state index in [0.29, 0.717) is 12.2 Å². The normalized spacial score (nSPS) is 23.2. The van der Waals surface area contributed by atoms with Crippen molar-refractivity contribution in [2.75, 3.05) is 32.2 Å². The predicted octanol–water partition coefficient (Wildman–Crippen LogP) is 0.421. The van der Waals surface area contributed by atoms with Crippen molar-refractivity contribution >= 4 is 11.7 Å². The molecule has 0 spiro atoms. The van der Waals surface area contributed by atoms with Gasteiger partial charge in [-0.25, -0.2) is 9.78 Å². The highest BCUT2D eigenvalue weighted by molar-refractivity contribution is 5.88. The molecule has 1 aromatic rings. The van der Waals surface area contributed by atoms with Crippen LogP contribution in [-0.4, -0.2) is 50.4 Å². The van der Waals surface area contributed by atoms with E-state index >= 15 is 0 Å². The van der Waals surface area contributed by atoms with Crippen LogP contribution in [0.5, 0.6) is 0 Å². The molecule has 2 rings (SSSR count). The van der Waals surface area contributed by atoms with Crippen LogP contribution in [-0.2, 0) is 9.47 Å². The van der Waals surface area contributed by atoms with E-state index in [-0.39, 0.29) is 12.1 Å². The minimum atomic E-state index is -0.432. The van der Waals surface area contributed by atoms with Gasteiger partial charge in [0.25, 0.3) is 0 Å². The van der Waals surface area contributed by atoms with Crippen molar-refractivity contribution in [3.63, 3.8) is 0 Å². The quantitative estimate of drug-likeness (QED) is 0.798. The van der Waals surface area contributed by atoms with Crippen molar-refractivity contribution in [2.24, 2.45) is 5.73 Å². The first-order valence-corrected chi connectivity index (χ1v) is 6.23. The van der Waals surface area contributed by atoms with Gasteiger partial charge in [0.15, 0.2) is 0 Å². The van der Waals surface area contributed by atoms with Crippen LogP contribution >= 0.6 is 0 Å². The summed E-state index contributed by atoms with van der Waals surface area (Å²) in [6, 6.07) is 3.66. The molecule has 0 saturated carbocycles. The maximum atomic E-state index is 11.5. The molecule has 1 saturated heterocycles. The number of pyridine rings is 1. The third-order valence-corrected chi connectivity index (χ3v) is 3.42. The van der Waals surface area contributed by atoms with Crippen LogP contribution in [0.1, 0.15) is 16.9 Å². The Morgan fingerprint density at radius 1 is 1.53 bits per heavy atom. The summed E-state index contributed by atoms with van der Waals surface area (Å²) in [6.07, 6.45) is 2.47. The number of nitrogens with two attached hydrogens (primary N) is 1. The highest BCUT2D eigenvalue weighted by Crippen LogP contribution is 2.21. The van der Waals surface area contributed by atoms with Crippen LogP contribution < -0.4 is 10.6 Å². The minimum Gasteiger partial charge on any atom is -0.464 e. The maximum Gasteiger partial charge on any atom is 0.356 e. The zero-order chi connectivity index (χ0) is 13.8. The van der Waals surface area contributed by atoms with Gasteiger partial charge in [0, 0.05) is 38.1 Å². The van der Waals surface area contributed by atoms with E-state index in [9.17, 15) is 4.79 Å². The molecule has 0 aliphatic carbocycles. The topological polar surface area (TPSA) is 77.7 Å². The number of piperidine rings is 1. The molecule has 1 fully saturated rings. The lowest BCUT2D eigenvalue weighted by Gasteiger charge is -2.37. The first kappa shape index (κ1) is 13.8. The Balaban J connectivity index is 2.15. The van der Waals surface area contributed by atoms with Gasteiger partial charge in [-0.2, -0.15) is 0 Å². The van der Waals surface area contributed by atoms with Gasteiger partial charge in [0.05, 0.1) is 13.2 Å². The van der Waals surface area contributed by atoms with Gasteiger partial charge in [0.2, 0.25) is 0 Å². The second-order valence-electron chi connectivity index (χ2n) is 4.56. The van der Waals surface area contributed by atoms with Crippen molar-refractivity contribution in [2.45, 2.75) is 18.6 Å². The van der Waals surface area contributed by atoms with Crippen molar-refractivity contribution in [1.82, 2.24) is 4.98 Å². The fourth-order valence-electron chi connectivity index (χ4n) is 2.25. The molecule has 1 aliphatic rings. The molecule has 0 amide bonds. The third-order valence-electron chi connectivity index (χ3n) is 3.42. The highest BCUT2D eigenvalue weighted by Gasteiger charge is 2.27. The summed E-state index contributed by atoms with van der Waals surface area (Å²) >= 11 is 0. The van der Waals surface area contributed by atoms with Crippen molar-refractivity contribution in [1.29, 1.82) is 0 Å². The monoisotopic (exact) mass is 265 g/mol. The summed E-state index contributed by atoms with van der Waals surface area (Å²) in [5.41, 5.74) is 7.24. The summed E-state index contributed by atoms with van der Waals surface area (Å²) in [4.78, 5) is 17.6. The van der Waals surface area contributed by atoms with Crippen LogP contribution in [0.15, 0.2) is 18.3 Å². The van der Waals surface area contributed by atoms with Crippen LogP contribution in [0, 0.1) is 0 Å². The predicted molar refractivity (Wildman–Crippen MR) is 71.2 cm³/mol. The number of rotatable bonds is 3. The van der Waals surface area contributed by atoms with E-state index in [0.717, 1.165) is 18.7 Å². The van der Waals surface area contributed by atoms with Crippen molar-refractivity contribution in [3.05, 3.63) is 24.0 Å². The van der Waals surface area contributed by atoms with Gasteiger partial charge in [-0.15, -0.1) is 0 Å². The molecule has 19 heavy (non-hydrogen) atoms. The van der Waals surface area contributed by atoms with Crippen molar-refractivity contribution in [3.8, 4) is 0 Å². The van der Waals surface area contributed by atoms with Crippen LogP contribution in [0.2, 0.25) is 0 Å². The molecular weight excluding hydrogens is 246 g/mol. The van der Waals surface area contributed by atoms with E-state index in [1.165, 1.54) is 7.11 Å². The van der Waals surface area contributed by atoms with Gasteiger partial charge in [-0.05, 0) is 18.6 Å². The van der Waals surface area contributed by atoms with Gasteiger partial charge in [0.1, 0.15) is 5.69 Å². The molecule has 104 valence electrons. The van der Waals surface area contributed by atoms with Crippen molar-refractivity contribution < 1.29 is 14.3 Å². The molecule has 2 unspecified atom stereocenters. The van der Waals surface area contributed by atoms with Crippen LogP contribution in [0.25, 0.3) is 0 Å². The summed E-state index contributed by atoms with van der Waals surface area (Å²) in [5.74, 6) is -0.432. The zero-order valence-corrected chi connectivity index (χ0v) is 11.2. The van der Waals surface area contributed by atoms with E-state index in [4.69, 9.17) is 10.5 Å². The van der Waals surface area contributed by atoms with E-state index in [1.54, 1.807) is 19.4 Å². The van der Waals surface area contributed by atoms with Gasteiger partial charge in [-0.3, -0.25) is 0 Å². The molecule has 6 nitrogen and oxygen atoms in total. The number of ether oxygens (including phenoxy) is 2. The van der Waals surface area contributed by atoms with Crippen LogP contribution in [0.4, 0.5) is 5.69 Å². The molecule has 0 radical (unpaired) electrons. The number of aromatic nitrogens is 1. The Bertz CT molecular complexity index is 453. The molecule has 0 aromatic carbocycles. The number of hydrogen-bond donors (Lipinski definition) is 1. The average Bonchev–Trinajstić information content (AvgIpc) is 2.47.